The van der Waals surface area contributed by atoms with E-state index in [1.807, 2.05) is 0 Å². The highest BCUT2D eigenvalue weighted by Crippen LogP contribution is 2.26. The Morgan fingerprint density at radius 2 is 2.17 bits per heavy atom. The quantitative estimate of drug-likeness (QED) is 0.834. The molecular formula is C16H19N3O4S. The standard InChI is InChI=1S/C16H19N3O4S/c17-15(21)10-6-13(23-7-10)12-9-24-16(18-12)19-14(20)8-22-11-4-2-1-3-5-11/h6-7,9,11H,1-5,8H2,(H2,17,21)(H,18,19,20). The number of nitrogens with two attached hydrogens (primary N) is 1. The molecule has 7 nitrogen and oxygen atoms in total. The molecule has 0 aliphatic heterocycles. The zero-order chi connectivity index (χ0) is 16.9. The lowest BCUT2D eigenvalue weighted by Crippen LogP contribution is -2.24. The first-order valence-electron chi connectivity index (χ1n) is 7.87. The van der Waals surface area contributed by atoms with E-state index in [0.29, 0.717) is 16.6 Å². The fraction of sp³-hybridized carbons (Fsp3) is 0.438. The van der Waals surface area contributed by atoms with Crippen molar-refractivity contribution in [2.75, 3.05) is 11.9 Å². The summed E-state index contributed by atoms with van der Waals surface area (Å²) in [6.07, 6.45) is 7.10. The van der Waals surface area contributed by atoms with Crippen LogP contribution in [0.3, 0.4) is 0 Å². The topological polar surface area (TPSA) is 107 Å². The van der Waals surface area contributed by atoms with E-state index >= 15 is 0 Å². The first-order valence-corrected chi connectivity index (χ1v) is 8.75. The summed E-state index contributed by atoms with van der Waals surface area (Å²) in [5.74, 6) is -0.355. The summed E-state index contributed by atoms with van der Waals surface area (Å²) in [6, 6.07) is 1.52. The molecular weight excluding hydrogens is 330 g/mol. The minimum absolute atomic E-state index is 0.0339. The van der Waals surface area contributed by atoms with E-state index in [4.69, 9.17) is 14.9 Å². The van der Waals surface area contributed by atoms with Crippen LogP contribution < -0.4 is 11.1 Å². The fourth-order valence-corrected chi connectivity index (χ4v) is 3.34. The van der Waals surface area contributed by atoms with Crippen LogP contribution in [0.5, 0.6) is 0 Å². The van der Waals surface area contributed by atoms with Crippen LogP contribution in [-0.2, 0) is 9.53 Å². The largest absolute Gasteiger partial charge is 0.462 e. The van der Waals surface area contributed by atoms with Gasteiger partial charge in [-0.1, -0.05) is 19.3 Å². The average molecular weight is 349 g/mol. The van der Waals surface area contributed by atoms with Gasteiger partial charge in [-0.3, -0.25) is 14.9 Å². The smallest absolute Gasteiger partial charge is 0.252 e. The Morgan fingerprint density at radius 3 is 2.88 bits per heavy atom. The summed E-state index contributed by atoms with van der Waals surface area (Å²) in [4.78, 5) is 27.3. The van der Waals surface area contributed by atoms with Gasteiger partial charge in [-0.2, -0.15) is 0 Å². The maximum atomic E-state index is 11.9. The number of primary amides is 1. The van der Waals surface area contributed by atoms with E-state index in [1.165, 1.54) is 42.9 Å². The van der Waals surface area contributed by atoms with E-state index in [0.717, 1.165) is 12.8 Å². The second-order valence-corrected chi connectivity index (χ2v) is 6.58. The number of anilines is 1. The predicted molar refractivity (Wildman–Crippen MR) is 89.8 cm³/mol. The van der Waals surface area contributed by atoms with Crippen LogP contribution in [0.2, 0.25) is 0 Å². The first-order chi connectivity index (χ1) is 11.6. The van der Waals surface area contributed by atoms with Crippen LogP contribution in [0.25, 0.3) is 11.5 Å². The minimum Gasteiger partial charge on any atom is -0.462 e. The van der Waals surface area contributed by atoms with Crippen molar-refractivity contribution < 1.29 is 18.7 Å². The lowest BCUT2D eigenvalue weighted by Gasteiger charge is -2.21. The molecule has 8 heteroatoms. The molecule has 2 aromatic heterocycles. The van der Waals surface area contributed by atoms with Gasteiger partial charge in [-0.15, -0.1) is 11.3 Å². The van der Waals surface area contributed by atoms with Crippen LogP contribution >= 0.6 is 11.3 Å². The van der Waals surface area contributed by atoms with Gasteiger partial charge in [0.15, 0.2) is 10.9 Å². The van der Waals surface area contributed by atoms with Crippen LogP contribution in [0, 0.1) is 0 Å². The normalized spacial score (nSPS) is 15.3. The van der Waals surface area contributed by atoms with Crippen LogP contribution in [0.1, 0.15) is 42.5 Å². The number of carbonyl (C=O) groups excluding carboxylic acids is 2. The van der Waals surface area contributed by atoms with Gasteiger partial charge in [-0.05, 0) is 18.9 Å². The number of nitrogens with one attached hydrogen (secondary N) is 1. The molecule has 3 N–H and O–H groups in total. The molecule has 1 saturated carbocycles. The molecule has 0 aromatic carbocycles. The van der Waals surface area contributed by atoms with E-state index in [2.05, 4.69) is 10.3 Å². The number of thiazole rings is 1. The Kier molecular flexibility index (Phi) is 5.27. The summed E-state index contributed by atoms with van der Waals surface area (Å²) in [5, 5.41) is 4.91. The van der Waals surface area contributed by atoms with Crippen molar-refractivity contribution in [3.8, 4) is 11.5 Å². The van der Waals surface area contributed by atoms with Gasteiger partial charge in [0.2, 0.25) is 0 Å². The van der Waals surface area contributed by atoms with Crippen LogP contribution in [0.15, 0.2) is 22.1 Å². The minimum atomic E-state index is -0.561. The zero-order valence-corrected chi connectivity index (χ0v) is 13.9. The number of aromatic nitrogens is 1. The number of ether oxygens (including phenoxy) is 1. The Bertz CT molecular complexity index is 718. The number of rotatable bonds is 6. The van der Waals surface area contributed by atoms with E-state index < -0.39 is 5.91 Å². The Hall–Kier alpha value is -2.19. The Balaban J connectivity index is 1.53. The summed E-state index contributed by atoms with van der Waals surface area (Å²) in [7, 11) is 0. The lowest BCUT2D eigenvalue weighted by atomic mass is 9.98. The predicted octanol–water partition coefficient (Wildman–Crippen LogP) is 2.79. The summed E-state index contributed by atoms with van der Waals surface area (Å²) < 4.78 is 10.9. The second-order valence-electron chi connectivity index (χ2n) is 5.72. The van der Waals surface area contributed by atoms with Gasteiger partial charge in [0.05, 0.1) is 11.7 Å². The van der Waals surface area contributed by atoms with Gasteiger partial charge >= 0.3 is 0 Å². The monoisotopic (exact) mass is 349 g/mol. The zero-order valence-electron chi connectivity index (χ0n) is 13.1. The molecule has 0 unspecified atom stereocenters. The van der Waals surface area contributed by atoms with Crippen molar-refractivity contribution in [3.63, 3.8) is 0 Å². The molecule has 0 radical (unpaired) electrons. The summed E-state index contributed by atoms with van der Waals surface area (Å²) in [5.41, 5.74) is 6.00. The molecule has 24 heavy (non-hydrogen) atoms. The van der Waals surface area contributed by atoms with Crippen molar-refractivity contribution in [3.05, 3.63) is 23.3 Å². The number of hydrogen-bond donors (Lipinski definition) is 2. The number of hydrogen-bond acceptors (Lipinski definition) is 6. The fourth-order valence-electron chi connectivity index (χ4n) is 2.62. The van der Waals surface area contributed by atoms with E-state index in [-0.39, 0.29) is 24.2 Å². The molecule has 0 atom stereocenters. The van der Waals surface area contributed by atoms with Crippen LogP contribution in [-0.4, -0.2) is 29.5 Å². The maximum Gasteiger partial charge on any atom is 0.252 e. The molecule has 1 aliphatic carbocycles. The Labute approximate surface area is 143 Å². The van der Waals surface area contributed by atoms with E-state index in [1.54, 1.807) is 5.38 Å². The van der Waals surface area contributed by atoms with Gasteiger partial charge in [0.25, 0.3) is 11.8 Å². The van der Waals surface area contributed by atoms with Gasteiger partial charge < -0.3 is 14.9 Å². The highest BCUT2D eigenvalue weighted by Gasteiger charge is 2.16. The molecule has 2 heterocycles. The molecule has 0 saturated heterocycles. The maximum absolute atomic E-state index is 11.9. The third-order valence-electron chi connectivity index (χ3n) is 3.89. The molecule has 0 bridgehead atoms. The average Bonchev–Trinajstić information content (AvgIpc) is 3.23. The lowest BCUT2D eigenvalue weighted by molar-refractivity contribution is -0.123. The molecule has 1 aliphatic rings. The van der Waals surface area contributed by atoms with E-state index in [9.17, 15) is 9.59 Å². The van der Waals surface area contributed by atoms with Crippen LogP contribution in [0.4, 0.5) is 5.13 Å². The highest BCUT2D eigenvalue weighted by molar-refractivity contribution is 7.14. The second kappa shape index (κ2) is 7.59. The molecule has 1 fully saturated rings. The highest BCUT2D eigenvalue weighted by atomic mass is 32.1. The number of furan rings is 1. The molecule has 2 amide bonds. The summed E-state index contributed by atoms with van der Waals surface area (Å²) >= 11 is 1.28. The number of amides is 2. The van der Waals surface area contributed by atoms with Crippen molar-refractivity contribution in [1.29, 1.82) is 0 Å². The first kappa shape index (κ1) is 16.7. The van der Waals surface area contributed by atoms with Crippen molar-refractivity contribution in [2.24, 2.45) is 5.73 Å². The van der Waals surface area contributed by atoms with Gasteiger partial charge in [0.1, 0.15) is 18.6 Å². The van der Waals surface area contributed by atoms with Crippen molar-refractivity contribution in [2.45, 2.75) is 38.2 Å². The Morgan fingerprint density at radius 1 is 1.38 bits per heavy atom. The SMILES string of the molecule is NC(=O)c1coc(-c2csc(NC(=O)COC3CCCCC3)n2)c1. The molecule has 2 aromatic rings. The molecule has 128 valence electrons. The molecule has 3 rings (SSSR count). The number of carbonyl (C=O) groups is 2. The van der Waals surface area contributed by atoms with Gasteiger partial charge in [-0.25, -0.2) is 4.98 Å². The van der Waals surface area contributed by atoms with Crippen molar-refractivity contribution >= 4 is 28.3 Å². The summed E-state index contributed by atoms with van der Waals surface area (Å²) in [6.45, 7) is 0.0339. The third kappa shape index (κ3) is 4.21. The molecule has 0 spiro atoms. The third-order valence-corrected chi connectivity index (χ3v) is 4.65. The van der Waals surface area contributed by atoms with Gasteiger partial charge in [0, 0.05) is 5.38 Å². The van der Waals surface area contributed by atoms with Crippen molar-refractivity contribution in [1.82, 2.24) is 4.98 Å². The number of nitrogens with zero attached hydrogens (tertiary/aromatic N) is 1.